The molecule has 0 heterocycles. The molecule has 0 saturated heterocycles. The molecule has 1 saturated carbocycles. The Labute approximate surface area is 124 Å². The van der Waals surface area contributed by atoms with Crippen LogP contribution in [0.1, 0.15) is 12.8 Å². The number of nitrogens with one attached hydrogen (secondary N) is 3. The molecule has 114 valence electrons. The Hall–Kier alpha value is -2.24. The van der Waals surface area contributed by atoms with E-state index in [-0.39, 0.29) is 18.5 Å². The summed E-state index contributed by atoms with van der Waals surface area (Å²) in [7, 11) is 3.81. The number of carbonyl (C=O) groups is 2. The largest absolute Gasteiger partial charge is 0.376 e. The maximum Gasteiger partial charge on any atom is 0.319 e. The summed E-state index contributed by atoms with van der Waals surface area (Å²) in [5.74, 6) is 0.479. The van der Waals surface area contributed by atoms with Crippen molar-refractivity contribution in [2.24, 2.45) is 5.92 Å². The number of amides is 3. The Bertz CT molecular complexity index is 512. The van der Waals surface area contributed by atoms with Crippen molar-refractivity contribution in [2.75, 3.05) is 37.4 Å². The highest BCUT2D eigenvalue weighted by molar-refractivity contribution is 5.95. The Morgan fingerprint density at radius 1 is 1.19 bits per heavy atom. The molecular weight excluding hydrogens is 268 g/mol. The van der Waals surface area contributed by atoms with Crippen LogP contribution >= 0.6 is 0 Å². The number of carbonyl (C=O) groups excluding carboxylic acids is 2. The Morgan fingerprint density at radius 3 is 2.57 bits per heavy atom. The lowest BCUT2D eigenvalue weighted by atomic mass is 10.2. The first-order valence-corrected chi connectivity index (χ1v) is 7.14. The van der Waals surface area contributed by atoms with Gasteiger partial charge in [0.1, 0.15) is 0 Å². The van der Waals surface area contributed by atoms with Gasteiger partial charge >= 0.3 is 6.03 Å². The van der Waals surface area contributed by atoms with Crippen molar-refractivity contribution in [3.05, 3.63) is 24.3 Å². The summed E-state index contributed by atoms with van der Waals surface area (Å²) in [5.41, 5.74) is 1.62. The molecule has 0 radical (unpaired) electrons. The summed E-state index contributed by atoms with van der Waals surface area (Å²) in [6, 6.07) is 7.11. The maximum absolute atomic E-state index is 11.8. The second kappa shape index (κ2) is 6.97. The molecule has 0 bridgehead atoms. The van der Waals surface area contributed by atoms with Crippen molar-refractivity contribution >= 4 is 23.3 Å². The van der Waals surface area contributed by atoms with Gasteiger partial charge in [0.25, 0.3) is 0 Å². The number of hydrogen-bond donors (Lipinski definition) is 3. The van der Waals surface area contributed by atoms with E-state index in [0.29, 0.717) is 18.2 Å². The number of anilines is 2. The number of benzene rings is 1. The maximum atomic E-state index is 11.8. The zero-order chi connectivity index (χ0) is 15.2. The smallest absolute Gasteiger partial charge is 0.319 e. The minimum absolute atomic E-state index is 0.0112. The van der Waals surface area contributed by atoms with E-state index < -0.39 is 0 Å². The topological polar surface area (TPSA) is 73.5 Å². The summed E-state index contributed by atoms with van der Waals surface area (Å²) in [4.78, 5) is 25.3. The average molecular weight is 290 g/mol. The van der Waals surface area contributed by atoms with Gasteiger partial charge in [-0.1, -0.05) is 12.1 Å². The third kappa shape index (κ3) is 4.98. The van der Waals surface area contributed by atoms with Crippen LogP contribution in [0.15, 0.2) is 24.3 Å². The summed E-state index contributed by atoms with van der Waals surface area (Å²) in [6.45, 7) is 0.703. The number of urea groups is 1. The first kappa shape index (κ1) is 15.2. The van der Waals surface area contributed by atoms with E-state index in [4.69, 9.17) is 0 Å². The monoisotopic (exact) mass is 290 g/mol. The van der Waals surface area contributed by atoms with Gasteiger partial charge < -0.3 is 20.9 Å². The van der Waals surface area contributed by atoms with Crippen LogP contribution in [0.5, 0.6) is 0 Å². The second-order valence-corrected chi connectivity index (χ2v) is 5.47. The first-order valence-electron chi connectivity index (χ1n) is 7.14. The van der Waals surface area contributed by atoms with Crippen LogP contribution in [-0.2, 0) is 4.79 Å². The Kier molecular flexibility index (Phi) is 5.03. The summed E-state index contributed by atoms with van der Waals surface area (Å²) in [5, 5.41) is 8.12. The van der Waals surface area contributed by atoms with Crippen LogP contribution < -0.4 is 20.9 Å². The molecule has 0 spiro atoms. The van der Waals surface area contributed by atoms with Crippen molar-refractivity contribution in [3.8, 4) is 0 Å². The minimum atomic E-state index is -0.383. The first-order chi connectivity index (χ1) is 10.1. The second-order valence-electron chi connectivity index (χ2n) is 5.47. The molecular formula is C15H22N4O2. The molecule has 3 N–H and O–H groups in total. The van der Waals surface area contributed by atoms with Gasteiger partial charge in [-0.25, -0.2) is 4.79 Å². The molecule has 21 heavy (non-hydrogen) atoms. The van der Waals surface area contributed by atoms with E-state index in [0.717, 1.165) is 5.69 Å². The van der Waals surface area contributed by atoms with E-state index in [2.05, 4.69) is 16.0 Å². The van der Waals surface area contributed by atoms with Crippen molar-refractivity contribution in [1.82, 2.24) is 10.6 Å². The highest BCUT2D eigenvalue weighted by Crippen LogP contribution is 2.27. The lowest BCUT2D eigenvalue weighted by Crippen LogP contribution is -2.39. The fourth-order valence-corrected chi connectivity index (χ4v) is 1.94. The third-order valence-corrected chi connectivity index (χ3v) is 3.33. The van der Waals surface area contributed by atoms with Gasteiger partial charge in [-0.2, -0.15) is 0 Å². The Balaban J connectivity index is 1.77. The van der Waals surface area contributed by atoms with Gasteiger partial charge in [0.2, 0.25) is 5.91 Å². The molecule has 0 unspecified atom stereocenters. The molecule has 0 atom stereocenters. The number of nitrogens with zero attached hydrogens (tertiary/aromatic N) is 1. The molecule has 1 aliphatic rings. The van der Waals surface area contributed by atoms with Gasteiger partial charge in [0, 0.05) is 20.6 Å². The lowest BCUT2D eigenvalue weighted by Gasteiger charge is -2.17. The van der Waals surface area contributed by atoms with Gasteiger partial charge in [-0.15, -0.1) is 0 Å². The van der Waals surface area contributed by atoms with E-state index in [9.17, 15) is 9.59 Å². The van der Waals surface area contributed by atoms with Gasteiger partial charge in [-0.05, 0) is 30.9 Å². The average Bonchev–Trinajstić information content (AvgIpc) is 3.27. The highest BCUT2D eigenvalue weighted by atomic mass is 16.2. The lowest BCUT2D eigenvalue weighted by molar-refractivity contribution is -0.120. The SMILES string of the molecule is CN(C)c1ccccc1NC(=O)NCC(=O)NCC1CC1. The molecule has 1 aromatic rings. The number of rotatable bonds is 6. The molecule has 6 heteroatoms. The molecule has 2 rings (SSSR count). The van der Waals surface area contributed by atoms with E-state index >= 15 is 0 Å². The van der Waals surface area contributed by atoms with E-state index in [1.54, 1.807) is 0 Å². The minimum Gasteiger partial charge on any atom is -0.376 e. The fraction of sp³-hybridized carbons (Fsp3) is 0.467. The predicted molar refractivity (Wildman–Crippen MR) is 83.5 cm³/mol. The normalized spacial score (nSPS) is 13.4. The van der Waals surface area contributed by atoms with Gasteiger partial charge in [-0.3, -0.25) is 4.79 Å². The summed E-state index contributed by atoms with van der Waals surface area (Å²) >= 11 is 0. The van der Waals surface area contributed by atoms with Crippen LogP contribution in [0.25, 0.3) is 0 Å². The zero-order valence-electron chi connectivity index (χ0n) is 12.5. The zero-order valence-corrected chi connectivity index (χ0v) is 12.5. The molecule has 1 aromatic carbocycles. The van der Waals surface area contributed by atoms with Crippen molar-refractivity contribution in [2.45, 2.75) is 12.8 Å². The predicted octanol–water partition coefficient (Wildman–Crippen LogP) is 1.40. The molecule has 0 aromatic heterocycles. The van der Waals surface area contributed by atoms with Crippen LogP contribution in [0.4, 0.5) is 16.2 Å². The molecule has 1 fully saturated rings. The van der Waals surface area contributed by atoms with Crippen LogP contribution in [0.2, 0.25) is 0 Å². The highest BCUT2D eigenvalue weighted by Gasteiger charge is 2.21. The van der Waals surface area contributed by atoms with Crippen LogP contribution in [0.3, 0.4) is 0 Å². The van der Waals surface area contributed by atoms with E-state index in [1.807, 2.05) is 43.3 Å². The van der Waals surface area contributed by atoms with E-state index in [1.165, 1.54) is 12.8 Å². The van der Waals surface area contributed by atoms with Gasteiger partial charge in [0.15, 0.2) is 0 Å². The summed E-state index contributed by atoms with van der Waals surface area (Å²) in [6.07, 6.45) is 2.38. The molecule has 6 nitrogen and oxygen atoms in total. The summed E-state index contributed by atoms with van der Waals surface area (Å²) < 4.78 is 0. The van der Waals surface area contributed by atoms with Crippen LogP contribution in [0, 0.1) is 5.92 Å². The van der Waals surface area contributed by atoms with Crippen molar-refractivity contribution in [3.63, 3.8) is 0 Å². The Morgan fingerprint density at radius 2 is 1.90 bits per heavy atom. The van der Waals surface area contributed by atoms with Crippen molar-refractivity contribution < 1.29 is 9.59 Å². The number of para-hydroxylation sites is 2. The third-order valence-electron chi connectivity index (χ3n) is 3.33. The molecule has 0 aliphatic heterocycles. The molecule has 3 amide bonds. The molecule has 1 aliphatic carbocycles. The standard InChI is InChI=1S/C15H22N4O2/c1-19(2)13-6-4-3-5-12(13)18-15(21)17-10-14(20)16-9-11-7-8-11/h3-6,11H,7-10H2,1-2H3,(H,16,20)(H2,17,18,21). The van der Waals surface area contributed by atoms with Crippen LogP contribution in [-0.4, -0.2) is 39.1 Å². The fourth-order valence-electron chi connectivity index (χ4n) is 1.94. The number of hydrogen-bond acceptors (Lipinski definition) is 3. The quantitative estimate of drug-likeness (QED) is 0.741. The van der Waals surface area contributed by atoms with Gasteiger partial charge in [0.05, 0.1) is 17.9 Å². The van der Waals surface area contributed by atoms with Crippen molar-refractivity contribution in [1.29, 1.82) is 0 Å².